The molecule has 4 heteroatoms. The maximum Gasteiger partial charge on any atom is 0.0608 e. The van der Waals surface area contributed by atoms with Gasteiger partial charge in [-0.25, -0.2) is 0 Å². The van der Waals surface area contributed by atoms with E-state index in [0.29, 0.717) is 17.5 Å². The average Bonchev–Trinajstić information content (AvgIpc) is 2.34. The number of nitrogens with zero attached hydrogens (tertiary/aromatic N) is 1. The van der Waals surface area contributed by atoms with Gasteiger partial charge in [-0.15, -0.1) is 0 Å². The Morgan fingerprint density at radius 2 is 1.94 bits per heavy atom. The molecule has 1 saturated heterocycles. The number of ether oxygens (including phenoxy) is 1. The molecule has 1 aromatic rings. The zero-order chi connectivity index (χ0) is 12.3. The maximum absolute atomic E-state index is 5.83. The Hall–Kier alpha value is -1.42. The molecule has 0 radical (unpaired) electrons. The summed E-state index contributed by atoms with van der Waals surface area (Å²) in [4.78, 5) is 2.34. The van der Waals surface area contributed by atoms with Crippen LogP contribution in [0.4, 0.5) is 17.1 Å². The Labute approximate surface area is 103 Å². The molecule has 17 heavy (non-hydrogen) atoms. The highest BCUT2D eigenvalue weighted by Gasteiger charge is 2.19. The molecule has 0 unspecified atom stereocenters. The molecule has 0 aliphatic carbocycles. The van der Waals surface area contributed by atoms with Gasteiger partial charge in [0.1, 0.15) is 0 Å². The zero-order valence-corrected chi connectivity index (χ0v) is 10.4. The third-order valence-electron chi connectivity index (χ3n) is 3.28. The summed E-state index contributed by atoms with van der Waals surface area (Å²) in [6, 6.07) is 5.86. The first-order valence-electron chi connectivity index (χ1n) is 6.22. The van der Waals surface area contributed by atoms with Crippen LogP contribution in [0.25, 0.3) is 0 Å². The van der Waals surface area contributed by atoms with E-state index in [4.69, 9.17) is 16.2 Å². The summed E-state index contributed by atoms with van der Waals surface area (Å²) in [5, 5.41) is 0. The lowest BCUT2D eigenvalue weighted by atomic mass is 10.1. The number of anilines is 3. The number of nitrogens with two attached hydrogens (primary N) is 2. The molecule has 0 spiro atoms. The molecular weight excluding hydrogens is 214 g/mol. The molecule has 0 aromatic heterocycles. The molecule has 0 amide bonds. The van der Waals surface area contributed by atoms with E-state index in [1.165, 1.54) is 0 Å². The third-order valence-corrected chi connectivity index (χ3v) is 3.28. The minimum Gasteiger partial charge on any atom is -0.397 e. The molecular formula is C13H21N3O. The smallest absolute Gasteiger partial charge is 0.0608 e. The van der Waals surface area contributed by atoms with Crippen molar-refractivity contribution in [1.82, 2.24) is 0 Å². The minimum absolute atomic E-state index is 0.419. The normalized spacial score (nSPS) is 17.4. The van der Waals surface area contributed by atoms with Crippen molar-refractivity contribution in [2.24, 2.45) is 0 Å². The highest BCUT2D eigenvalue weighted by atomic mass is 16.5. The summed E-state index contributed by atoms with van der Waals surface area (Å²) in [5.41, 5.74) is 14.0. The van der Waals surface area contributed by atoms with Crippen LogP contribution in [0.3, 0.4) is 0 Å². The predicted molar refractivity (Wildman–Crippen MR) is 72.1 cm³/mol. The van der Waals surface area contributed by atoms with Crippen LogP contribution in [0.15, 0.2) is 18.2 Å². The van der Waals surface area contributed by atoms with Crippen LogP contribution in [-0.4, -0.2) is 25.8 Å². The maximum atomic E-state index is 5.83. The third kappa shape index (κ3) is 2.82. The molecule has 1 aromatic carbocycles. The molecule has 0 atom stereocenters. The van der Waals surface area contributed by atoms with Gasteiger partial charge < -0.3 is 21.1 Å². The Balaban J connectivity index is 1.98. The van der Waals surface area contributed by atoms with Crippen LogP contribution in [-0.2, 0) is 4.74 Å². The van der Waals surface area contributed by atoms with Crippen molar-refractivity contribution in [3.63, 3.8) is 0 Å². The van der Waals surface area contributed by atoms with E-state index in [1.807, 2.05) is 25.1 Å². The molecule has 1 aliphatic rings. The van der Waals surface area contributed by atoms with Gasteiger partial charge in [-0.2, -0.15) is 0 Å². The van der Waals surface area contributed by atoms with Gasteiger partial charge in [0.05, 0.1) is 17.5 Å². The first-order chi connectivity index (χ1) is 8.20. The summed E-state index contributed by atoms with van der Waals surface area (Å²) in [5.74, 6) is 0. The predicted octanol–water partition coefficient (Wildman–Crippen LogP) is 1.86. The Kier molecular flexibility index (Phi) is 3.74. The molecule has 1 aliphatic heterocycles. The van der Waals surface area contributed by atoms with E-state index >= 15 is 0 Å². The summed E-state index contributed by atoms with van der Waals surface area (Å²) < 4.78 is 5.64. The molecule has 0 bridgehead atoms. The lowest BCUT2D eigenvalue weighted by molar-refractivity contribution is 0.0459. The molecule has 1 fully saturated rings. The zero-order valence-electron chi connectivity index (χ0n) is 10.4. The Morgan fingerprint density at radius 1 is 1.24 bits per heavy atom. The topological polar surface area (TPSA) is 64.5 Å². The fourth-order valence-electron chi connectivity index (χ4n) is 2.28. The molecule has 4 N–H and O–H groups in total. The van der Waals surface area contributed by atoms with Crippen LogP contribution in [0.5, 0.6) is 0 Å². The Bertz CT molecular complexity index is 373. The van der Waals surface area contributed by atoms with Crippen molar-refractivity contribution in [3.05, 3.63) is 18.2 Å². The minimum atomic E-state index is 0.419. The van der Waals surface area contributed by atoms with Gasteiger partial charge in [-0.1, -0.05) is 0 Å². The van der Waals surface area contributed by atoms with Gasteiger partial charge in [0.2, 0.25) is 0 Å². The number of hydrogen-bond acceptors (Lipinski definition) is 4. The van der Waals surface area contributed by atoms with Crippen molar-refractivity contribution < 1.29 is 4.74 Å². The standard InChI is InChI=1S/C13H21N3O/c1-2-17-11-5-7-16(8-6-11)10-3-4-12(14)13(15)9-10/h3-4,9,11H,2,5-8,14-15H2,1H3. The van der Waals surface area contributed by atoms with E-state index in [-0.39, 0.29) is 0 Å². The second-order valence-corrected chi connectivity index (χ2v) is 4.45. The van der Waals surface area contributed by atoms with Crippen molar-refractivity contribution in [2.75, 3.05) is 36.1 Å². The fourth-order valence-corrected chi connectivity index (χ4v) is 2.28. The van der Waals surface area contributed by atoms with E-state index in [1.54, 1.807) is 0 Å². The van der Waals surface area contributed by atoms with Crippen molar-refractivity contribution in [3.8, 4) is 0 Å². The van der Waals surface area contributed by atoms with Gasteiger partial charge in [-0.3, -0.25) is 0 Å². The van der Waals surface area contributed by atoms with Crippen molar-refractivity contribution >= 4 is 17.1 Å². The molecule has 0 saturated carbocycles. The van der Waals surface area contributed by atoms with Gasteiger partial charge >= 0.3 is 0 Å². The SMILES string of the molecule is CCOC1CCN(c2ccc(N)c(N)c2)CC1. The van der Waals surface area contributed by atoms with Crippen LogP contribution in [0.1, 0.15) is 19.8 Å². The van der Waals surface area contributed by atoms with E-state index < -0.39 is 0 Å². The largest absolute Gasteiger partial charge is 0.397 e. The first kappa shape index (κ1) is 12.0. The molecule has 2 rings (SSSR count). The Morgan fingerprint density at radius 3 is 2.53 bits per heavy atom. The average molecular weight is 235 g/mol. The summed E-state index contributed by atoms with van der Waals surface area (Å²) in [6.07, 6.45) is 2.58. The number of hydrogen-bond donors (Lipinski definition) is 2. The molecule has 94 valence electrons. The summed E-state index contributed by atoms with van der Waals surface area (Å²) >= 11 is 0. The van der Waals surface area contributed by atoms with Gasteiger partial charge in [0, 0.05) is 25.4 Å². The molecule has 1 heterocycles. The highest BCUT2D eigenvalue weighted by Crippen LogP contribution is 2.26. The van der Waals surface area contributed by atoms with Crippen LogP contribution in [0, 0.1) is 0 Å². The van der Waals surface area contributed by atoms with Crippen LogP contribution >= 0.6 is 0 Å². The van der Waals surface area contributed by atoms with Gasteiger partial charge in [0.15, 0.2) is 0 Å². The molecule has 4 nitrogen and oxygen atoms in total. The quantitative estimate of drug-likeness (QED) is 0.785. The number of benzene rings is 1. The van der Waals surface area contributed by atoms with Crippen LogP contribution < -0.4 is 16.4 Å². The lowest BCUT2D eigenvalue weighted by Gasteiger charge is -2.33. The monoisotopic (exact) mass is 235 g/mol. The van der Waals surface area contributed by atoms with Gasteiger partial charge in [-0.05, 0) is 38.0 Å². The highest BCUT2D eigenvalue weighted by molar-refractivity contribution is 5.69. The number of rotatable bonds is 3. The van der Waals surface area contributed by atoms with Crippen LogP contribution in [0.2, 0.25) is 0 Å². The van der Waals surface area contributed by atoms with Gasteiger partial charge in [0.25, 0.3) is 0 Å². The first-order valence-corrected chi connectivity index (χ1v) is 6.22. The van der Waals surface area contributed by atoms with E-state index in [0.717, 1.165) is 38.2 Å². The van der Waals surface area contributed by atoms with E-state index in [9.17, 15) is 0 Å². The van der Waals surface area contributed by atoms with Crippen molar-refractivity contribution in [1.29, 1.82) is 0 Å². The fraction of sp³-hybridized carbons (Fsp3) is 0.538. The number of piperidine rings is 1. The van der Waals surface area contributed by atoms with E-state index in [2.05, 4.69) is 4.90 Å². The summed E-state index contributed by atoms with van der Waals surface area (Å²) in [7, 11) is 0. The lowest BCUT2D eigenvalue weighted by Crippen LogP contribution is -2.37. The second-order valence-electron chi connectivity index (χ2n) is 4.45. The number of nitrogen functional groups attached to an aromatic ring is 2. The van der Waals surface area contributed by atoms with Crippen molar-refractivity contribution in [2.45, 2.75) is 25.9 Å². The second kappa shape index (κ2) is 5.27. The summed E-state index contributed by atoms with van der Waals surface area (Å²) in [6.45, 7) is 4.90.